The first kappa shape index (κ1) is 19.4. The lowest BCUT2D eigenvalue weighted by Gasteiger charge is -2.11. The van der Waals surface area contributed by atoms with Crippen molar-refractivity contribution in [2.24, 2.45) is 0 Å². The van der Waals surface area contributed by atoms with Crippen molar-refractivity contribution in [3.05, 3.63) is 96.1 Å². The number of aryl methyl sites for hydroxylation is 1. The highest BCUT2D eigenvalue weighted by molar-refractivity contribution is 7.92. The van der Waals surface area contributed by atoms with Crippen LogP contribution in [0.4, 0.5) is 11.4 Å². The normalized spacial score (nSPS) is 11.3. The third-order valence-electron chi connectivity index (χ3n) is 4.05. The van der Waals surface area contributed by atoms with E-state index in [0.29, 0.717) is 11.4 Å². The Hall–Kier alpha value is -3.38. The van der Waals surface area contributed by atoms with Crippen LogP contribution in [0.3, 0.4) is 0 Å². The molecule has 0 aliphatic carbocycles. The number of benzene rings is 3. The maximum Gasteiger partial charge on any atom is 0.261 e. The molecule has 3 rings (SSSR count). The molecule has 0 spiro atoms. The van der Waals surface area contributed by atoms with Crippen molar-refractivity contribution < 1.29 is 13.2 Å². The smallest absolute Gasteiger partial charge is 0.261 e. The van der Waals surface area contributed by atoms with Gasteiger partial charge in [-0.25, -0.2) is 8.42 Å². The van der Waals surface area contributed by atoms with Crippen molar-refractivity contribution >= 4 is 33.4 Å². The average molecular weight is 392 g/mol. The van der Waals surface area contributed by atoms with Crippen LogP contribution in [0.5, 0.6) is 0 Å². The van der Waals surface area contributed by atoms with Crippen molar-refractivity contribution in [2.45, 2.75) is 11.8 Å². The summed E-state index contributed by atoms with van der Waals surface area (Å²) in [4.78, 5) is 12.1. The molecule has 6 heteroatoms. The SMILES string of the molecule is Cc1ccccc1NS(=O)(=O)c1ccc(NC(=O)/C=C/c2ccccc2)cc1. The number of nitrogens with one attached hydrogen (secondary N) is 2. The summed E-state index contributed by atoms with van der Waals surface area (Å²) < 4.78 is 27.6. The van der Waals surface area contributed by atoms with Gasteiger partial charge in [0.1, 0.15) is 0 Å². The Bertz CT molecular complexity index is 1090. The molecule has 142 valence electrons. The Labute approximate surface area is 164 Å². The Morgan fingerprint density at radius 3 is 2.18 bits per heavy atom. The van der Waals surface area contributed by atoms with E-state index in [1.54, 1.807) is 30.3 Å². The summed E-state index contributed by atoms with van der Waals surface area (Å²) in [5.41, 5.74) is 2.80. The summed E-state index contributed by atoms with van der Waals surface area (Å²) in [6.07, 6.45) is 3.14. The van der Waals surface area contributed by atoms with E-state index in [1.165, 1.54) is 18.2 Å². The van der Waals surface area contributed by atoms with Gasteiger partial charge >= 0.3 is 0 Å². The molecule has 0 atom stereocenters. The quantitative estimate of drug-likeness (QED) is 0.609. The fourth-order valence-corrected chi connectivity index (χ4v) is 3.66. The molecule has 0 bridgehead atoms. The lowest BCUT2D eigenvalue weighted by Crippen LogP contribution is -2.14. The van der Waals surface area contributed by atoms with Crippen LogP contribution >= 0.6 is 0 Å². The van der Waals surface area contributed by atoms with Crippen LogP contribution in [0, 0.1) is 6.92 Å². The van der Waals surface area contributed by atoms with Crippen LogP contribution in [-0.2, 0) is 14.8 Å². The maximum atomic E-state index is 12.5. The van der Waals surface area contributed by atoms with E-state index in [4.69, 9.17) is 0 Å². The molecule has 28 heavy (non-hydrogen) atoms. The van der Waals surface area contributed by atoms with Crippen LogP contribution in [0.15, 0.2) is 89.8 Å². The molecule has 2 N–H and O–H groups in total. The van der Waals surface area contributed by atoms with E-state index in [-0.39, 0.29) is 10.8 Å². The van der Waals surface area contributed by atoms with Gasteiger partial charge in [-0.2, -0.15) is 0 Å². The van der Waals surface area contributed by atoms with E-state index in [9.17, 15) is 13.2 Å². The van der Waals surface area contributed by atoms with E-state index in [1.807, 2.05) is 49.4 Å². The minimum absolute atomic E-state index is 0.119. The fraction of sp³-hybridized carbons (Fsp3) is 0.0455. The molecule has 0 saturated carbocycles. The summed E-state index contributed by atoms with van der Waals surface area (Å²) in [5, 5.41) is 2.71. The molecule has 0 aliphatic rings. The highest BCUT2D eigenvalue weighted by atomic mass is 32.2. The Morgan fingerprint density at radius 2 is 1.50 bits per heavy atom. The zero-order chi connectivity index (χ0) is 20.0. The molecule has 5 nitrogen and oxygen atoms in total. The lowest BCUT2D eigenvalue weighted by atomic mass is 10.2. The number of carbonyl (C=O) groups excluding carboxylic acids is 1. The van der Waals surface area contributed by atoms with Crippen LogP contribution in [-0.4, -0.2) is 14.3 Å². The van der Waals surface area contributed by atoms with Gasteiger partial charge in [0.05, 0.1) is 10.6 Å². The molecule has 0 aliphatic heterocycles. The van der Waals surface area contributed by atoms with Gasteiger partial charge in [-0.05, 0) is 54.5 Å². The average Bonchev–Trinajstić information content (AvgIpc) is 2.69. The first-order chi connectivity index (χ1) is 13.4. The number of para-hydroxylation sites is 1. The van der Waals surface area contributed by atoms with E-state index >= 15 is 0 Å². The third kappa shape index (κ3) is 5.08. The van der Waals surface area contributed by atoms with Gasteiger partial charge in [0, 0.05) is 11.8 Å². The Kier molecular flexibility index (Phi) is 5.91. The molecule has 0 saturated heterocycles. The van der Waals surface area contributed by atoms with Crippen molar-refractivity contribution in [3.8, 4) is 0 Å². The topological polar surface area (TPSA) is 75.3 Å². The van der Waals surface area contributed by atoms with Gasteiger partial charge in [-0.15, -0.1) is 0 Å². The molecule has 1 amide bonds. The number of amides is 1. The largest absolute Gasteiger partial charge is 0.323 e. The first-order valence-corrected chi connectivity index (χ1v) is 10.1. The second kappa shape index (κ2) is 8.54. The zero-order valence-electron chi connectivity index (χ0n) is 15.3. The molecule has 0 fully saturated rings. The van der Waals surface area contributed by atoms with E-state index in [0.717, 1.165) is 11.1 Å². The molecular formula is C22H20N2O3S. The van der Waals surface area contributed by atoms with Crippen LogP contribution < -0.4 is 10.0 Å². The second-order valence-corrected chi connectivity index (χ2v) is 7.86. The summed E-state index contributed by atoms with van der Waals surface area (Å²) >= 11 is 0. The van der Waals surface area contributed by atoms with Crippen LogP contribution in [0.25, 0.3) is 6.08 Å². The molecule has 3 aromatic rings. The lowest BCUT2D eigenvalue weighted by molar-refractivity contribution is -0.111. The zero-order valence-corrected chi connectivity index (χ0v) is 16.1. The van der Waals surface area contributed by atoms with E-state index in [2.05, 4.69) is 10.0 Å². The number of sulfonamides is 1. The first-order valence-electron chi connectivity index (χ1n) is 8.67. The molecular weight excluding hydrogens is 372 g/mol. The predicted molar refractivity (Wildman–Crippen MR) is 113 cm³/mol. The Morgan fingerprint density at radius 1 is 0.857 bits per heavy atom. The highest BCUT2D eigenvalue weighted by Gasteiger charge is 2.15. The highest BCUT2D eigenvalue weighted by Crippen LogP contribution is 2.20. The van der Waals surface area contributed by atoms with Crippen LogP contribution in [0.2, 0.25) is 0 Å². The summed E-state index contributed by atoms with van der Waals surface area (Å²) in [6.45, 7) is 1.83. The van der Waals surface area contributed by atoms with Crippen molar-refractivity contribution in [3.63, 3.8) is 0 Å². The second-order valence-electron chi connectivity index (χ2n) is 6.18. The van der Waals surface area contributed by atoms with Crippen molar-refractivity contribution in [2.75, 3.05) is 10.0 Å². The van der Waals surface area contributed by atoms with Gasteiger partial charge in [-0.3, -0.25) is 9.52 Å². The predicted octanol–water partition coefficient (Wildman–Crippen LogP) is 4.45. The number of anilines is 2. The number of hydrogen-bond acceptors (Lipinski definition) is 3. The van der Waals surface area contributed by atoms with Crippen molar-refractivity contribution in [1.29, 1.82) is 0 Å². The van der Waals surface area contributed by atoms with E-state index < -0.39 is 10.0 Å². The minimum atomic E-state index is -3.70. The van der Waals surface area contributed by atoms with Crippen molar-refractivity contribution in [1.82, 2.24) is 0 Å². The fourth-order valence-electron chi connectivity index (χ4n) is 2.53. The molecule has 0 radical (unpaired) electrons. The summed E-state index contributed by atoms with van der Waals surface area (Å²) in [5.74, 6) is -0.294. The van der Waals surface area contributed by atoms with Gasteiger partial charge < -0.3 is 5.32 Å². The maximum absolute atomic E-state index is 12.5. The Balaban J connectivity index is 1.66. The monoisotopic (exact) mass is 392 g/mol. The number of rotatable bonds is 6. The summed E-state index contributed by atoms with van der Waals surface area (Å²) in [7, 11) is -3.70. The van der Waals surface area contributed by atoms with Crippen LogP contribution in [0.1, 0.15) is 11.1 Å². The standard InChI is InChI=1S/C22H20N2O3S/c1-17-7-5-6-10-21(17)24-28(26,27)20-14-12-19(13-15-20)23-22(25)16-11-18-8-3-2-4-9-18/h2-16,24H,1H3,(H,23,25)/b16-11+. The number of hydrogen-bond donors (Lipinski definition) is 2. The van der Waals surface area contributed by atoms with Gasteiger partial charge in [0.2, 0.25) is 5.91 Å². The molecule has 0 heterocycles. The number of carbonyl (C=O) groups is 1. The van der Waals surface area contributed by atoms with Gasteiger partial charge in [0.15, 0.2) is 0 Å². The molecule has 0 aromatic heterocycles. The molecule has 3 aromatic carbocycles. The summed E-state index contributed by atoms with van der Waals surface area (Å²) in [6, 6.07) is 22.7. The third-order valence-corrected chi connectivity index (χ3v) is 5.43. The van der Waals surface area contributed by atoms with Gasteiger partial charge in [0.25, 0.3) is 10.0 Å². The van der Waals surface area contributed by atoms with Gasteiger partial charge in [-0.1, -0.05) is 48.5 Å². The minimum Gasteiger partial charge on any atom is -0.323 e. The molecule has 0 unspecified atom stereocenters.